The first-order valence-corrected chi connectivity index (χ1v) is 16.2. The zero-order valence-corrected chi connectivity index (χ0v) is 24.6. The van der Waals surface area contributed by atoms with Crippen LogP contribution in [0.5, 0.6) is 0 Å². The molecular weight excluding hydrogens is 492 g/mol. The minimum Gasteiger partial charge on any atom is -0.440 e. The summed E-state index contributed by atoms with van der Waals surface area (Å²) < 4.78 is 6.31. The monoisotopic (exact) mass is 544 g/mol. The standard InChI is InChI=1S/C31H52N4O4/c1-3-4-10-28-31(39-30(38)35(28)23-25-8-6-5-7-9-25)15-21-33(22-16-31)27-13-19-34(20-14-27)29(37)26-11-17-32(18-12-26)24(2)36/h25-28H,3-23H2,1-2H3. The van der Waals surface area contributed by atoms with E-state index in [0.29, 0.717) is 31.0 Å². The van der Waals surface area contributed by atoms with Gasteiger partial charge < -0.3 is 19.4 Å². The fourth-order valence-electron chi connectivity index (χ4n) is 8.23. The van der Waals surface area contributed by atoms with Crippen molar-refractivity contribution in [1.29, 1.82) is 0 Å². The van der Waals surface area contributed by atoms with Gasteiger partial charge in [-0.3, -0.25) is 14.5 Å². The number of rotatable bonds is 7. The van der Waals surface area contributed by atoms with Crippen molar-refractivity contribution < 1.29 is 19.1 Å². The second kappa shape index (κ2) is 12.8. The minimum absolute atomic E-state index is 0.0592. The van der Waals surface area contributed by atoms with Crippen molar-refractivity contribution in [2.75, 3.05) is 45.8 Å². The number of piperidine rings is 3. The molecular formula is C31H52N4O4. The maximum Gasteiger partial charge on any atom is 0.410 e. The van der Waals surface area contributed by atoms with E-state index in [1.807, 2.05) is 4.90 Å². The van der Waals surface area contributed by atoms with Gasteiger partial charge in [0.1, 0.15) is 5.60 Å². The Hall–Kier alpha value is -1.83. The number of nitrogens with zero attached hydrogens (tertiary/aromatic N) is 4. The van der Waals surface area contributed by atoms with E-state index in [0.717, 1.165) is 90.5 Å². The maximum atomic E-state index is 13.2. The Balaban J connectivity index is 1.12. The molecule has 5 aliphatic rings. The number of unbranched alkanes of at least 4 members (excludes halogenated alkanes) is 1. The quantitative estimate of drug-likeness (QED) is 0.466. The number of carbonyl (C=O) groups is 3. The molecule has 1 unspecified atom stereocenters. The van der Waals surface area contributed by atoms with Gasteiger partial charge in [-0.2, -0.15) is 0 Å². The largest absolute Gasteiger partial charge is 0.440 e. The van der Waals surface area contributed by atoms with Gasteiger partial charge in [-0.1, -0.05) is 39.0 Å². The Bertz CT molecular complexity index is 851. The highest BCUT2D eigenvalue weighted by molar-refractivity contribution is 5.80. The number of hydrogen-bond donors (Lipinski definition) is 0. The van der Waals surface area contributed by atoms with Crippen molar-refractivity contribution in [3.05, 3.63) is 0 Å². The molecule has 1 atom stereocenters. The molecule has 0 aromatic rings. The summed E-state index contributed by atoms with van der Waals surface area (Å²) in [4.78, 5) is 46.7. The van der Waals surface area contributed by atoms with E-state index in [1.54, 1.807) is 6.92 Å². The van der Waals surface area contributed by atoms with Crippen LogP contribution in [0.3, 0.4) is 0 Å². The summed E-state index contributed by atoms with van der Waals surface area (Å²) in [6.07, 6.45) is 15.3. The lowest BCUT2D eigenvalue weighted by molar-refractivity contribution is -0.141. The summed E-state index contributed by atoms with van der Waals surface area (Å²) in [5.74, 6) is 1.12. The van der Waals surface area contributed by atoms with Crippen LogP contribution in [-0.2, 0) is 14.3 Å². The molecule has 39 heavy (non-hydrogen) atoms. The zero-order valence-electron chi connectivity index (χ0n) is 24.6. The number of carbonyl (C=O) groups excluding carboxylic acids is 3. The highest BCUT2D eigenvalue weighted by Gasteiger charge is 2.55. The number of amides is 3. The highest BCUT2D eigenvalue weighted by Crippen LogP contribution is 2.43. The van der Waals surface area contributed by atoms with E-state index in [9.17, 15) is 14.4 Å². The average molecular weight is 545 g/mol. The molecule has 220 valence electrons. The third-order valence-electron chi connectivity index (χ3n) is 10.7. The van der Waals surface area contributed by atoms with Crippen molar-refractivity contribution >= 4 is 17.9 Å². The Morgan fingerprint density at radius 1 is 0.872 bits per heavy atom. The van der Waals surface area contributed by atoms with Crippen LogP contribution in [0.1, 0.15) is 104 Å². The average Bonchev–Trinajstić information content (AvgIpc) is 3.21. The fraction of sp³-hybridized carbons (Fsp3) is 0.903. The lowest BCUT2D eigenvalue weighted by Crippen LogP contribution is -2.56. The molecule has 8 nitrogen and oxygen atoms in total. The zero-order chi connectivity index (χ0) is 27.4. The summed E-state index contributed by atoms with van der Waals surface area (Å²) in [5.41, 5.74) is -0.317. The van der Waals surface area contributed by atoms with E-state index in [4.69, 9.17) is 4.74 Å². The van der Waals surface area contributed by atoms with Crippen LogP contribution in [0.4, 0.5) is 4.79 Å². The molecule has 5 rings (SSSR count). The molecule has 1 spiro atoms. The van der Waals surface area contributed by atoms with Crippen LogP contribution in [0.2, 0.25) is 0 Å². The first-order chi connectivity index (χ1) is 18.9. The highest BCUT2D eigenvalue weighted by atomic mass is 16.6. The first kappa shape index (κ1) is 28.7. The lowest BCUT2D eigenvalue weighted by atomic mass is 9.80. The molecule has 3 amide bonds. The van der Waals surface area contributed by atoms with Crippen LogP contribution < -0.4 is 0 Å². The van der Waals surface area contributed by atoms with Crippen LogP contribution in [-0.4, -0.2) is 101 Å². The molecule has 0 N–H and O–H groups in total. The normalized spacial score (nSPS) is 27.8. The molecule has 1 saturated carbocycles. The number of likely N-dealkylation sites (tertiary alicyclic amines) is 3. The molecule has 4 heterocycles. The molecule has 0 aromatic heterocycles. The minimum atomic E-state index is -0.317. The van der Waals surface area contributed by atoms with E-state index in [2.05, 4.69) is 21.6 Å². The topological polar surface area (TPSA) is 73.4 Å². The van der Waals surface area contributed by atoms with Crippen molar-refractivity contribution in [2.45, 2.75) is 121 Å². The van der Waals surface area contributed by atoms with E-state index in [1.165, 1.54) is 32.1 Å². The fourth-order valence-corrected chi connectivity index (χ4v) is 8.23. The van der Waals surface area contributed by atoms with Crippen molar-refractivity contribution in [3.8, 4) is 0 Å². The third kappa shape index (κ3) is 6.41. The van der Waals surface area contributed by atoms with Gasteiger partial charge >= 0.3 is 6.09 Å². The first-order valence-electron chi connectivity index (χ1n) is 16.2. The van der Waals surface area contributed by atoms with E-state index in [-0.39, 0.29) is 29.6 Å². The summed E-state index contributed by atoms with van der Waals surface area (Å²) in [5, 5.41) is 0. The molecule has 0 radical (unpaired) electrons. The van der Waals surface area contributed by atoms with Crippen LogP contribution in [0.15, 0.2) is 0 Å². The molecule has 1 aliphatic carbocycles. The predicted octanol–water partition coefficient (Wildman–Crippen LogP) is 4.66. The van der Waals surface area contributed by atoms with Gasteiger partial charge in [-0.25, -0.2) is 4.79 Å². The second-order valence-electron chi connectivity index (χ2n) is 13.1. The third-order valence-corrected chi connectivity index (χ3v) is 10.7. The number of hydrogen-bond acceptors (Lipinski definition) is 5. The lowest BCUT2D eigenvalue weighted by Gasteiger charge is -2.46. The van der Waals surface area contributed by atoms with Crippen LogP contribution in [0.25, 0.3) is 0 Å². The predicted molar refractivity (Wildman–Crippen MR) is 151 cm³/mol. The molecule has 8 heteroatoms. The Morgan fingerprint density at radius 3 is 2.13 bits per heavy atom. The van der Waals surface area contributed by atoms with E-state index < -0.39 is 0 Å². The van der Waals surface area contributed by atoms with Crippen LogP contribution >= 0.6 is 0 Å². The molecule has 5 fully saturated rings. The van der Waals surface area contributed by atoms with Crippen molar-refractivity contribution in [3.63, 3.8) is 0 Å². The van der Waals surface area contributed by atoms with Crippen LogP contribution in [0, 0.1) is 11.8 Å². The second-order valence-corrected chi connectivity index (χ2v) is 13.1. The van der Waals surface area contributed by atoms with Gasteiger partial charge in [-0.15, -0.1) is 0 Å². The Morgan fingerprint density at radius 2 is 1.51 bits per heavy atom. The molecule has 0 bridgehead atoms. The Labute approximate surface area is 235 Å². The van der Waals surface area contributed by atoms with Crippen molar-refractivity contribution in [2.24, 2.45) is 11.8 Å². The SMILES string of the molecule is CCCCC1N(CC2CCCCC2)C(=O)OC12CCN(C1CCN(C(=O)C3CCN(C(C)=O)CC3)CC1)CC2. The van der Waals surface area contributed by atoms with Gasteiger partial charge in [0.05, 0.1) is 6.04 Å². The summed E-state index contributed by atoms with van der Waals surface area (Å²) in [6.45, 7) is 9.79. The van der Waals surface area contributed by atoms with Gasteiger partial charge in [-0.05, 0) is 50.9 Å². The van der Waals surface area contributed by atoms with Gasteiger partial charge in [0.15, 0.2) is 0 Å². The van der Waals surface area contributed by atoms with Gasteiger partial charge in [0.25, 0.3) is 0 Å². The van der Waals surface area contributed by atoms with Crippen molar-refractivity contribution in [1.82, 2.24) is 19.6 Å². The molecule has 4 aliphatic heterocycles. The summed E-state index contributed by atoms with van der Waals surface area (Å²) in [6, 6.07) is 0.735. The molecule has 0 aromatic carbocycles. The van der Waals surface area contributed by atoms with Gasteiger partial charge in [0.2, 0.25) is 11.8 Å². The molecule has 4 saturated heterocycles. The van der Waals surface area contributed by atoms with Gasteiger partial charge in [0, 0.05) is 77.5 Å². The number of ether oxygens (including phenoxy) is 1. The Kier molecular flexibility index (Phi) is 9.40. The smallest absolute Gasteiger partial charge is 0.410 e. The summed E-state index contributed by atoms with van der Waals surface area (Å²) >= 11 is 0. The maximum absolute atomic E-state index is 13.2. The summed E-state index contributed by atoms with van der Waals surface area (Å²) in [7, 11) is 0. The van der Waals surface area contributed by atoms with E-state index >= 15 is 0 Å².